The topological polar surface area (TPSA) is 29.0 Å². The van der Waals surface area contributed by atoms with Gasteiger partial charge < -0.3 is 4.90 Å². The van der Waals surface area contributed by atoms with E-state index < -0.39 is 0 Å². The molecule has 0 amide bonds. The van der Waals surface area contributed by atoms with Crippen LogP contribution in [0, 0.1) is 23.1 Å². The molecule has 1 saturated heterocycles. The molecule has 5 rings (SSSR count). The van der Waals surface area contributed by atoms with Crippen molar-refractivity contribution in [3.63, 3.8) is 0 Å². The van der Waals surface area contributed by atoms with E-state index >= 15 is 0 Å². The lowest BCUT2D eigenvalue weighted by Gasteiger charge is -2.36. The van der Waals surface area contributed by atoms with Crippen LogP contribution in [-0.4, -0.2) is 34.7 Å². The number of nitrogens with zero attached hydrogens (tertiary/aromatic N) is 3. The first-order chi connectivity index (χ1) is 15.1. The van der Waals surface area contributed by atoms with Crippen LogP contribution >= 0.6 is 11.6 Å². The normalized spacial score (nSPS) is 23.9. The van der Waals surface area contributed by atoms with E-state index in [0.717, 1.165) is 24.0 Å². The molecule has 1 aromatic heterocycles. The maximum atomic E-state index is 13.5. The van der Waals surface area contributed by atoms with Gasteiger partial charge in [0.05, 0.1) is 16.4 Å². The van der Waals surface area contributed by atoms with Crippen molar-refractivity contribution in [3.05, 3.63) is 46.9 Å². The van der Waals surface area contributed by atoms with Gasteiger partial charge >= 0.3 is 0 Å². The first-order valence-corrected chi connectivity index (χ1v) is 12.5. The third kappa shape index (κ3) is 4.96. The zero-order valence-corrected chi connectivity index (χ0v) is 19.1. The number of likely N-dealkylation sites (tertiary alicyclic amines) is 1. The number of benzene rings is 1. The number of hydrogen-bond donors (Lipinski definition) is 0. The van der Waals surface area contributed by atoms with Crippen molar-refractivity contribution in [2.45, 2.75) is 64.2 Å². The van der Waals surface area contributed by atoms with Crippen LogP contribution in [0.1, 0.15) is 63.5 Å². The largest absolute Gasteiger partial charge is 0.303 e. The highest BCUT2D eigenvalue weighted by Gasteiger charge is 2.53. The van der Waals surface area contributed by atoms with Crippen LogP contribution in [-0.2, 0) is 6.42 Å². The molecule has 1 spiro atoms. The predicted molar refractivity (Wildman–Crippen MR) is 124 cm³/mol. The van der Waals surface area contributed by atoms with E-state index in [1.54, 1.807) is 6.07 Å². The standard InChI is InChI=1S/C26H33ClFN3/c27-24-10-7-21(28)16-23(24)25-11-9-22(29-30-25)8-6-20-17-26(20)12-14-31(15-13-26)18-19-4-2-1-3-5-19/h7,9-11,16,19-20H,1-6,8,12-15,17-18H2. The van der Waals surface area contributed by atoms with Crippen LogP contribution in [0.5, 0.6) is 0 Å². The molecule has 3 nitrogen and oxygen atoms in total. The van der Waals surface area contributed by atoms with Crippen molar-refractivity contribution >= 4 is 11.6 Å². The Morgan fingerprint density at radius 1 is 1.03 bits per heavy atom. The molecule has 2 aromatic rings. The van der Waals surface area contributed by atoms with Gasteiger partial charge in [-0.25, -0.2) is 4.39 Å². The van der Waals surface area contributed by atoms with Gasteiger partial charge in [0, 0.05) is 12.1 Å². The number of aromatic nitrogens is 2. The minimum absolute atomic E-state index is 0.311. The van der Waals surface area contributed by atoms with Gasteiger partial charge in [0.2, 0.25) is 0 Å². The van der Waals surface area contributed by atoms with E-state index in [0.29, 0.717) is 21.7 Å². The molecular formula is C26H33ClFN3. The monoisotopic (exact) mass is 441 g/mol. The Hall–Kier alpha value is -1.52. The molecule has 3 fully saturated rings. The Labute approximate surface area is 190 Å². The second-order valence-corrected chi connectivity index (χ2v) is 10.5. The smallest absolute Gasteiger partial charge is 0.123 e. The Bertz CT molecular complexity index is 886. The molecule has 1 unspecified atom stereocenters. The predicted octanol–water partition coefficient (Wildman–Crippen LogP) is 6.55. The van der Waals surface area contributed by atoms with E-state index in [4.69, 9.17) is 11.6 Å². The first kappa shape index (κ1) is 21.3. The maximum absolute atomic E-state index is 13.5. The molecular weight excluding hydrogens is 409 g/mol. The van der Waals surface area contributed by atoms with Gasteiger partial charge in [0.1, 0.15) is 5.82 Å². The average Bonchev–Trinajstić information content (AvgIpc) is 3.48. The lowest BCUT2D eigenvalue weighted by Crippen LogP contribution is -2.38. The van der Waals surface area contributed by atoms with Crippen molar-refractivity contribution in [1.82, 2.24) is 15.1 Å². The minimum atomic E-state index is -0.311. The van der Waals surface area contributed by atoms with Gasteiger partial charge in [-0.1, -0.05) is 30.9 Å². The van der Waals surface area contributed by atoms with E-state index in [2.05, 4.69) is 15.1 Å². The fourth-order valence-corrected chi connectivity index (χ4v) is 6.24. The molecule has 2 heterocycles. The van der Waals surface area contributed by atoms with Crippen LogP contribution < -0.4 is 0 Å². The number of piperidine rings is 1. The van der Waals surface area contributed by atoms with Crippen LogP contribution in [0.25, 0.3) is 11.3 Å². The third-order valence-corrected chi connectivity index (χ3v) is 8.45. The summed E-state index contributed by atoms with van der Waals surface area (Å²) in [6, 6.07) is 8.27. The molecule has 0 radical (unpaired) electrons. The summed E-state index contributed by atoms with van der Waals surface area (Å²) in [4.78, 5) is 2.75. The summed E-state index contributed by atoms with van der Waals surface area (Å²) >= 11 is 6.19. The van der Waals surface area contributed by atoms with E-state index in [9.17, 15) is 4.39 Å². The van der Waals surface area contributed by atoms with Gasteiger partial charge in [-0.2, -0.15) is 10.2 Å². The molecule has 2 aliphatic carbocycles. The lowest BCUT2D eigenvalue weighted by atomic mass is 9.86. The Morgan fingerprint density at radius 3 is 2.58 bits per heavy atom. The van der Waals surface area contributed by atoms with Crippen LogP contribution in [0.2, 0.25) is 5.02 Å². The fourth-order valence-electron chi connectivity index (χ4n) is 6.02. The van der Waals surface area contributed by atoms with Crippen LogP contribution in [0.4, 0.5) is 4.39 Å². The molecule has 3 aliphatic rings. The Kier molecular flexibility index (Phi) is 6.30. The average molecular weight is 442 g/mol. The van der Waals surface area contributed by atoms with Crippen molar-refractivity contribution in [3.8, 4) is 11.3 Å². The minimum Gasteiger partial charge on any atom is -0.303 e. The first-order valence-electron chi connectivity index (χ1n) is 12.1. The van der Waals surface area contributed by atoms with Crippen molar-refractivity contribution in [2.24, 2.45) is 17.3 Å². The maximum Gasteiger partial charge on any atom is 0.123 e. The fraction of sp³-hybridized carbons (Fsp3) is 0.615. The van der Waals surface area contributed by atoms with E-state index in [-0.39, 0.29) is 5.82 Å². The van der Waals surface area contributed by atoms with Gasteiger partial charge in [-0.3, -0.25) is 0 Å². The van der Waals surface area contributed by atoms with Crippen molar-refractivity contribution in [1.29, 1.82) is 0 Å². The van der Waals surface area contributed by atoms with Gasteiger partial charge in [-0.05, 0) is 106 Å². The number of hydrogen-bond acceptors (Lipinski definition) is 3. The molecule has 0 bridgehead atoms. The molecule has 1 atom stereocenters. The number of aryl methyl sites for hydroxylation is 1. The van der Waals surface area contributed by atoms with Crippen molar-refractivity contribution < 1.29 is 4.39 Å². The summed E-state index contributed by atoms with van der Waals surface area (Å²) in [6.45, 7) is 3.95. The highest BCUT2D eigenvalue weighted by Crippen LogP contribution is 2.61. The second kappa shape index (κ2) is 9.15. The Balaban J connectivity index is 1.09. The second-order valence-electron chi connectivity index (χ2n) is 10.1. The summed E-state index contributed by atoms with van der Waals surface area (Å²) in [7, 11) is 0. The summed E-state index contributed by atoms with van der Waals surface area (Å²) in [6.07, 6.45) is 13.6. The summed E-state index contributed by atoms with van der Waals surface area (Å²) in [5.74, 6) is 1.50. The SMILES string of the molecule is Fc1ccc(Cl)c(-c2ccc(CCC3CC34CCN(CC3CCCCC3)CC4)nn2)c1. The van der Waals surface area contributed by atoms with Gasteiger partial charge in [0.15, 0.2) is 0 Å². The molecule has 5 heteroatoms. The molecule has 1 aliphatic heterocycles. The van der Waals surface area contributed by atoms with Gasteiger partial charge in [0.25, 0.3) is 0 Å². The quantitative estimate of drug-likeness (QED) is 0.508. The highest BCUT2D eigenvalue weighted by atomic mass is 35.5. The zero-order chi connectivity index (χ0) is 21.3. The Morgan fingerprint density at radius 2 is 1.84 bits per heavy atom. The molecule has 0 N–H and O–H groups in total. The van der Waals surface area contributed by atoms with Crippen molar-refractivity contribution in [2.75, 3.05) is 19.6 Å². The summed E-state index contributed by atoms with van der Waals surface area (Å²) in [5, 5.41) is 9.21. The number of rotatable bonds is 6. The third-order valence-electron chi connectivity index (χ3n) is 8.12. The lowest BCUT2D eigenvalue weighted by molar-refractivity contribution is 0.130. The zero-order valence-electron chi connectivity index (χ0n) is 18.3. The van der Waals surface area contributed by atoms with Gasteiger partial charge in [-0.15, -0.1) is 0 Å². The van der Waals surface area contributed by atoms with E-state index in [1.807, 2.05) is 12.1 Å². The van der Waals surface area contributed by atoms with Crippen LogP contribution in [0.3, 0.4) is 0 Å². The molecule has 31 heavy (non-hydrogen) atoms. The molecule has 166 valence electrons. The van der Waals surface area contributed by atoms with Crippen LogP contribution in [0.15, 0.2) is 30.3 Å². The number of halogens is 2. The van der Waals surface area contributed by atoms with E-state index in [1.165, 1.54) is 89.6 Å². The molecule has 1 aromatic carbocycles. The molecule has 2 saturated carbocycles. The summed E-state index contributed by atoms with van der Waals surface area (Å²) < 4.78 is 13.5. The summed E-state index contributed by atoms with van der Waals surface area (Å²) in [5.41, 5.74) is 2.86. The highest BCUT2D eigenvalue weighted by molar-refractivity contribution is 6.33.